The lowest BCUT2D eigenvalue weighted by molar-refractivity contribution is 0.386. The molecule has 2 unspecified atom stereocenters. The minimum atomic E-state index is 0.652. The van der Waals surface area contributed by atoms with Crippen LogP contribution in [0.15, 0.2) is 23.5 Å². The van der Waals surface area contributed by atoms with Crippen LogP contribution >= 0.6 is 0 Å². The highest BCUT2D eigenvalue weighted by molar-refractivity contribution is 5.25. The van der Waals surface area contributed by atoms with Gasteiger partial charge in [-0.1, -0.05) is 19.1 Å². The summed E-state index contributed by atoms with van der Waals surface area (Å²) in [5.74, 6) is 2.05. The highest BCUT2D eigenvalue weighted by Gasteiger charge is 2.31. The molecule has 0 radical (unpaired) electrons. The first kappa shape index (κ1) is 8.86. The maximum atomic E-state index is 9.72. The predicted molar refractivity (Wildman–Crippen MR) is 54.5 cm³/mol. The molecule has 1 saturated carbocycles. The van der Waals surface area contributed by atoms with Gasteiger partial charge in [0, 0.05) is 6.42 Å². The SMILES string of the molecule is C=C1CCC(C)C2CCC(O)=C2C1. The summed E-state index contributed by atoms with van der Waals surface area (Å²) >= 11 is 0. The van der Waals surface area contributed by atoms with E-state index >= 15 is 0 Å². The Morgan fingerprint density at radius 2 is 2.08 bits per heavy atom. The third-order valence-electron chi connectivity index (χ3n) is 3.59. The lowest BCUT2D eigenvalue weighted by Gasteiger charge is -2.17. The van der Waals surface area contributed by atoms with Crippen molar-refractivity contribution in [3.05, 3.63) is 23.5 Å². The van der Waals surface area contributed by atoms with Crippen LogP contribution in [0.4, 0.5) is 0 Å². The summed E-state index contributed by atoms with van der Waals surface area (Å²) in [6.07, 6.45) is 5.42. The van der Waals surface area contributed by atoms with E-state index in [1.165, 1.54) is 17.6 Å². The Morgan fingerprint density at radius 1 is 1.31 bits per heavy atom. The summed E-state index contributed by atoms with van der Waals surface area (Å²) in [4.78, 5) is 0. The molecule has 0 spiro atoms. The van der Waals surface area contributed by atoms with Gasteiger partial charge < -0.3 is 5.11 Å². The van der Waals surface area contributed by atoms with Gasteiger partial charge in [0.05, 0.1) is 5.76 Å². The van der Waals surface area contributed by atoms with E-state index < -0.39 is 0 Å². The number of hydrogen-bond acceptors (Lipinski definition) is 1. The first-order valence-electron chi connectivity index (χ1n) is 5.26. The molecule has 2 aliphatic carbocycles. The van der Waals surface area contributed by atoms with Gasteiger partial charge in [0.1, 0.15) is 0 Å². The van der Waals surface area contributed by atoms with Gasteiger partial charge in [-0.2, -0.15) is 0 Å². The monoisotopic (exact) mass is 178 g/mol. The molecule has 72 valence electrons. The molecule has 2 aliphatic rings. The van der Waals surface area contributed by atoms with Gasteiger partial charge >= 0.3 is 0 Å². The molecule has 0 aliphatic heterocycles. The van der Waals surface area contributed by atoms with Gasteiger partial charge in [0.25, 0.3) is 0 Å². The van der Waals surface area contributed by atoms with Gasteiger partial charge in [0.2, 0.25) is 0 Å². The van der Waals surface area contributed by atoms with Crippen molar-refractivity contribution in [2.45, 2.75) is 39.0 Å². The molecule has 0 bridgehead atoms. The van der Waals surface area contributed by atoms with Crippen molar-refractivity contribution in [2.75, 3.05) is 0 Å². The fraction of sp³-hybridized carbons (Fsp3) is 0.667. The maximum Gasteiger partial charge on any atom is 0.0920 e. The van der Waals surface area contributed by atoms with Gasteiger partial charge in [-0.05, 0) is 43.1 Å². The van der Waals surface area contributed by atoms with Crippen molar-refractivity contribution in [3.8, 4) is 0 Å². The molecule has 0 heterocycles. The molecular formula is C12H18O. The van der Waals surface area contributed by atoms with E-state index in [4.69, 9.17) is 0 Å². The normalized spacial score (nSPS) is 34.7. The topological polar surface area (TPSA) is 20.2 Å². The molecule has 2 atom stereocenters. The number of fused-ring (bicyclic) bond motifs is 1. The first-order valence-corrected chi connectivity index (χ1v) is 5.26. The third-order valence-corrected chi connectivity index (χ3v) is 3.59. The minimum Gasteiger partial charge on any atom is -0.512 e. The molecule has 0 saturated heterocycles. The second-order valence-electron chi connectivity index (χ2n) is 4.56. The lowest BCUT2D eigenvalue weighted by atomic mass is 9.87. The summed E-state index contributed by atoms with van der Waals surface area (Å²) < 4.78 is 0. The summed E-state index contributed by atoms with van der Waals surface area (Å²) in [5.41, 5.74) is 2.60. The number of rotatable bonds is 0. The minimum absolute atomic E-state index is 0.652. The van der Waals surface area contributed by atoms with Crippen molar-refractivity contribution in [2.24, 2.45) is 11.8 Å². The van der Waals surface area contributed by atoms with Crippen molar-refractivity contribution in [3.63, 3.8) is 0 Å². The van der Waals surface area contributed by atoms with E-state index in [1.807, 2.05) is 0 Å². The molecule has 0 amide bonds. The van der Waals surface area contributed by atoms with Crippen LogP contribution in [0.3, 0.4) is 0 Å². The summed E-state index contributed by atoms with van der Waals surface area (Å²) in [5, 5.41) is 9.72. The largest absolute Gasteiger partial charge is 0.512 e. The van der Waals surface area contributed by atoms with Crippen LogP contribution in [-0.4, -0.2) is 5.11 Å². The number of allylic oxidation sites excluding steroid dienone is 3. The van der Waals surface area contributed by atoms with E-state index in [2.05, 4.69) is 13.5 Å². The number of aliphatic hydroxyl groups excluding tert-OH is 1. The van der Waals surface area contributed by atoms with Crippen LogP contribution in [0.1, 0.15) is 39.0 Å². The average molecular weight is 178 g/mol. The van der Waals surface area contributed by atoms with Gasteiger partial charge in [0.15, 0.2) is 0 Å². The van der Waals surface area contributed by atoms with Crippen LogP contribution in [0.2, 0.25) is 0 Å². The highest BCUT2D eigenvalue weighted by Crippen LogP contribution is 2.43. The van der Waals surface area contributed by atoms with E-state index in [9.17, 15) is 5.11 Å². The zero-order valence-corrected chi connectivity index (χ0v) is 8.34. The van der Waals surface area contributed by atoms with E-state index in [1.54, 1.807) is 0 Å². The standard InChI is InChI=1S/C12H18O/c1-8-3-4-9(2)10-5-6-12(13)11(10)7-8/h9-10,13H,1,3-7H2,2H3. The Balaban J connectivity index is 2.27. The fourth-order valence-electron chi connectivity index (χ4n) is 2.69. The average Bonchev–Trinajstić information content (AvgIpc) is 2.37. The predicted octanol–water partition coefficient (Wildman–Crippen LogP) is 3.58. The summed E-state index contributed by atoms with van der Waals surface area (Å²) in [6.45, 7) is 6.37. The van der Waals surface area contributed by atoms with Crippen LogP contribution in [0, 0.1) is 11.8 Å². The Bertz CT molecular complexity index is 262. The lowest BCUT2D eigenvalue weighted by Crippen LogP contribution is -2.08. The van der Waals surface area contributed by atoms with Crippen molar-refractivity contribution in [1.82, 2.24) is 0 Å². The second-order valence-corrected chi connectivity index (χ2v) is 4.56. The highest BCUT2D eigenvalue weighted by atomic mass is 16.3. The zero-order valence-electron chi connectivity index (χ0n) is 8.34. The second kappa shape index (κ2) is 3.21. The van der Waals surface area contributed by atoms with E-state index in [-0.39, 0.29) is 0 Å². The van der Waals surface area contributed by atoms with E-state index in [0.717, 1.165) is 31.6 Å². The van der Waals surface area contributed by atoms with E-state index in [0.29, 0.717) is 11.7 Å². The summed E-state index contributed by atoms with van der Waals surface area (Å²) in [6, 6.07) is 0. The molecule has 0 aromatic heterocycles. The number of hydrogen-bond donors (Lipinski definition) is 1. The molecule has 0 aromatic rings. The fourth-order valence-corrected chi connectivity index (χ4v) is 2.69. The quantitative estimate of drug-likeness (QED) is 0.562. The molecule has 0 aromatic carbocycles. The van der Waals surface area contributed by atoms with Crippen molar-refractivity contribution >= 4 is 0 Å². The molecule has 1 N–H and O–H groups in total. The molecule has 1 nitrogen and oxygen atoms in total. The van der Waals surface area contributed by atoms with Gasteiger partial charge in [-0.15, -0.1) is 0 Å². The Hall–Kier alpha value is -0.720. The Morgan fingerprint density at radius 3 is 2.85 bits per heavy atom. The van der Waals surface area contributed by atoms with Crippen LogP contribution in [-0.2, 0) is 0 Å². The van der Waals surface area contributed by atoms with Crippen LogP contribution in [0.5, 0.6) is 0 Å². The maximum absolute atomic E-state index is 9.72. The smallest absolute Gasteiger partial charge is 0.0920 e. The van der Waals surface area contributed by atoms with Crippen LogP contribution in [0.25, 0.3) is 0 Å². The Kier molecular flexibility index (Phi) is 2.19. The number of aliphatic hydroxyl groups is 1. The van der Waals surface area contributed by atoms with Crippen LogP contribution < -0.4 is 0 Å². The molecule has 1 heteroatoms. The molecular weight excluding hydrogens is 160 g/mol. The van der Waals surface area contributed by atoms with Gasteiger partial charge in [-0.25, -0.2) is 0 Å². The third kappa shape index (κ3) is 1.52. The zero-order chi connectivity index (χ0) is 9.42. The Labute approximate surface area is 80.2 Å². The van der Waals surface area contributed by atoms with Crippen molar-refractivity contribution < 1.29 is 5.11 Å². The summed E-state index contributed by atoms with van der Waals surface area (Å²) in [7, 11) is 0. The first-order chi connectivity index (χ1) is 6.18. The van der Waals surface area contributed by atoms with Crippen molar-refractivity contribution in [1.29, 1.82) is 0 Å². The molecule has 1 fully saturated rings. The van der Waals surface area contributed by atoms with Gasteiger partial charge in [-0.3, -0.25) is 0 Å². The molecule has 2 rings (SSSR count). The molecule has 13 heavy (non-hydrogen) atoms.